The van der Waals surface area contributed by atoms with Crippen LogP contribution < -0.4 is 4.90 Å². The van der Waals surface area contributed by atoms with Crippen LogP contribution in [0.4, 0.5) is 5.69 Å². The molecule has 4 nitrogen and oxygen atoms in total. The van der Waals surface area contributed by atoms with E-state index in [0.29, 0.717) is 0 Å². The number of hydrogen-bond donors (Lipinski definition) is 0. The van der Waals surface area contributed by atoms with Crippen LogP contribution in [0.5, 0.6) is 0 Å². The van der Waals surface area contributed by atoms with Gasteiger partial charge in [-0.3, -0.25) is 4.79 Å². The van der Waals surface area contributed by atoms with Crippen molar-refractivity contribution in [2.45, 2.75) is 45.5 Å². The minimum absolute atomic E-state index is 0.0171. The number of aromatic nitrogens is 1. The van der Waals surface area contributed by atoms with Gasteiger partial charge in [-0.2, -0.15) is 0 Å². The van der Waals surface area contributed by atoms with Crippen LogP contribution in [0.3, 0.4) is 0 Å². The van der Waals surface area contributed by atoms with Gasteiger partial charge in [0.15, 0.2) is 5.58 Å². The minimum atomic E-state index is -0.820. The van der Waals surface area contributed by atoms with Gasteiger partial charge in [-0.15, -0.1) is 0 Å². The van der Waals surface area contributed by atoms with Crippen molar-refractivity contribution in [3.05, 3.63) is 90.1 Å². The molecule has 5 rings (SSSR count). The molecule has 1 aromatic heterocycles. The van der Waals surface area contributed by atoms with E-state index in [1.165, 1.54) is 6.42 Å². The first-order chi connectivity index (χ1) is 17.1. The number of nitrogens with zero attached hydrogens (tertiary/aromatic N) is 2. The van der Waals surface area contributed by atoms with E-state index >= 15 is 0 Å². The summed E-state index contributed by atoms with van der Waals surface area (Å²) in [5.74, 6) is 0.0425. The molecule has 1 aliphatic carbocycles. The molecule has 3 aromatic carbocycles. The minimum Gasteiger partial charge on any atom is -0.356 e. The van der Waals surface area contributed by atoms with Crippen LogP contribution >= 0.6 is 0 Å². The Hall–Kier alpha value is -3.66. The Bertz CT molecular complexity index is 1340. The lowest BCUT2D eigenvalue weighted by atomic mass is 9.88. The molecule has 34 heavy (non-hydrogen) atoms. The Morgan fingerprint density at radius 3 is 2.65 bits per heavy atom. The van der Waals surface area contributed by atoms with Crippen molar-refractivity contribution in [1.82, 2.24) is 5.16 Å². The number of allylic oxidation sites excluding steroid dienone is 1. The summed E-state index contributed by atoms with van der Waals surface area (Å²) in [5.41, 5.74) is 5.46. The molecule has 0 N–H and O–H groups in total. The maximum absolute atomic E-state index is 13.7. The van der Waals surface area contributed by atoms with Crippen LogP contribution in [-0.2, 0) is 11.3 Å². The van der Waals surface area contributed by atoms with Gasteiger partial charge in [0.05, 0.1) is 14.1 Å². The van der Waals surface area contributed by atoms with Crippen molar-refractivity contribution in [3.63, 3.8) is 0 Å². The Labute approximate surface area is 202 Å². The second-order valence-electron chi connectivity index (χ2n) is 8.97. The average molecular weight is 452 g/mol. The SMILES string of the molecule is [2H]C(c1ccc(-c2ccc3oncc3c2)cc1)N(C(=O)C1CCCCC1)c1cccc(/C=C/C)c1. The number of anilines is 1. The number of fused-ring (bicyclic) bond motifs is 1. The van der Waals surface area contributed by atoms with Crippen LogP contribution in [0.25, 0.3) is 28.2 Å². The summed E-state index contributed by atoms with van der Waals surface area (Å²) < 4.78 is 14.4. The predicted octanol–water partition coefficient (Wildman–Crippen LogP) is 7.64. The predicted molar refractivity (Wildman–Crippen MR) is 138 cm³/mol. The van der Waals surface area contributed by atoms with E-state index in [1.54, 1.807) is 11.1 Å². The van der Waals surface area contributed by atoms with Crippen molar-refractivity contribution < 1.29 is 10.7 Å². The number of benzene rings is 3. The number of carbonyl (C=O) groups is 1. The number of amides is 1. The lowest BCUT2D eigenvalue weighted by Crippen LogP contribution is -2.36. The summed E-state index contributed by atoms with van der Waals surface area (Å²) in [4.78, 5) is 15.4. The van der Waals surface area contributed by atoms with Crippen LogP contribution in [0.15, 0.2) is 83.5 Å². The molecule has 0 bridgehead atoms. The molecule has 0 radical (unpaired) electrons. The summed E-state index contributed by atoms with van der Waals surface area (Å²) in [6.07, 6.45) is 10.9. The highest BCUT2D eigenvalue weighted by Crippen LogP contribution is 2.30. The van der Waals surface area contributed by atoms with Gasteiger partial charge < -0.3 is 9.42 Å². The summed E-state index contributed by atoms with van der Waals surface area (Å²) >= 11 is 0. The van der Waals surface area contributed by atoms with E-state index in [0.717, 1.165) is 64.6 Å². The molecule has 0 spiro atoms. The third kappa shape index (κ3) is 4.81. The zero-order chi connectivity index (χ0) is 24.2. The van der Waals surface area contributed by atoms with Crippen molar-refractivity contribution >= 4 is 28.6 Å². The van der Waals surface area contributed by atoms with Gasteiger partial charge in [0, 0.05) is 17.0 Å². The Morgan fingerprint density at radius 2 is 1.85 bits per heavy atom. The van der Waals surface area contributed by atoms with Gasteiger partial charge in [-0.05, 0) is 66.3 Å². The summed E-state index contributed by atoms with van der Waals surface area (Å²) in [6.45, 7) is 1.16. The number of carbonyl (C=O) groups excluding carboxylic acids is 1. The molecule has 1 amide bonds. The molecule has 4 aromatic rings. The van der Waals surface area contributed by atoms with Gasteiger partial charge in [0.1, 0.15) is 0 Å². The first-order valence-electron chi connectivity index (χ1n) is 12.6. The second kappa shape index (κ2) is 10.1. The Morgan fingerprint density at radius 1 is 1.06 bits per heavy atom. The average Bonchev–Trinajstić information content (AvgIpc) is 3.38. The zero-order valence-corrected chi connectivity index (χ0v) is 19.5. The molecular formula is C30H30N2O2. The first-order valence-corrected chi connectivity index (χ1v) is 12.1. The standard InChI is InChI=1S/C30H30N2O2/c1-2-7-22-8-6-11-28(18-22)32(30(33)25-9-4-3-5-10-25)21-23-12-14-24(15-13-23)26-16-17-29-27(19-26)20-31-34-29/h2,6-8,11-20,25H,3-5,9-10,21H2,1H3/b7-2+/i21D. The van der Waals surface area contributed by atoms with Gasteiger partial charge in [0.25, 0.3) is 0 Å². The zero-order valence-electron chi connectivity index (χ0n) is 20.5. The molecule has 1 saturated carbocycles. The summed E-state index contributed by atoms with van der Waals surface area (Å²) in [6, 6.07) is 21.9. The molecule has 1 fully saturated rings. The Kier molecular flexibility index (Phi) is 6.20. The Balaban J connectivity index is 1.46. The monoisotopic (exact) mass is 451 g/mol. The third-order valence-corrected chi connectivity index (χ3v) is 6.57. The largest absolute Gasteiger partial charge is 0.356 e. The van der Waals surface area contributed by atoms with Crippen LogP contribution in [-0.4, -0.2) is 11.1 Å². The van der Waals surface area contributed by atoms with Gasteiger partial charge in [-0.1, -0.05) is 79.0 Å². The van der Waals surface area contributed by atoms with Crippen LogP contribution in [0, 0.1) is 5.92 Å². The fourth-order valence-electron chi connectivity index (χ4n) is 4.75. The fourth-order valence-corrected chi connectivity index (χ4v) is 4.75. The second-order valence-corrected chi connectivity index (χ2v) is 8.97. The van der Waals surface area contributed by atoms with Gasteiger partial charge >= 0.3 is 0 Å². The topological polar surface area (TPSA) is 46.3 Å². The smallest absolute Gasteiger partial charge is 0.230 e. The summed E-state index contributed by atoms with van der Waals surface area (Å²) in [5, 5.41) is 4.81. The third-order valence-electron chi connectivity index (χ3n) is 6.57. The van der Waals surface area contributed by atoms with Crippen molar-refractivity contribution in [1.29, 1.82) is 0 Å². The van der Waals surface area contributed by atoms with Gasteiger partial charge in [-0.25, -0.2) is 0 Å². The molecule has 1 unspecified atom stereocenters. The molecular weight excluding hydrogens is 420 g/mol. The normalized spacial score (nSPS) is 16.0. The van der Waals surface area contributed by atoms with E-state index in [-0.39, 0.29) is 11.8 Å². The van der Waals surface area contributed by atoms with Crippen molar-refractivity contribution in [3.8, 4) is 11.1 Å². The number of hydrogen-bond acceptors (Lipinski definition) is 3. The highest BCUT2D eigenvalue weighted by molar-refractivity contribution is 5.95. The first kappa shape index (κ1) is 20.9. The number of rotatable bonds is 6. The van der Waals surface area contributed by atoms with E-state index < -0.39 is 6.52 Å². The molecule has 1 atom stereocenters. The maximum Gasteiger partial charge on any atom is 0.230 e. The lowest BCUT2D eigenvalue weighted by molar-refractivity contribution is -0.123. The van der Waals surface area contributed by atoms with Crippen LogP contribution in [0.2, 0.25) is 0 Å². The van der Waals surface area contributed by atoms with E-state index in [2.05, 4.69) is 5.16 Å². The van der Waals surface area contributed by atoms with E-state index in [9.17, 15) is 4.79 Å². The highest BCUT2D eigenvalue weighted by Gasteiger charge is 2.27. The molecule has 1 aliphatic rings. The van der Waals surface area contributed by atoms with E-state index in [4.69, 9.17) is 5.89 Å². The molecule has 4 heteroatoms. The molecule has 0 aliphatic heterocycles. The highest BCUT2D eigenvalue weighted by atomic mass is 16.5. The van der Waals surface area contributed by atoms with Gasteiger partial charge in [0.2, 0.25) is 5.91 Å². The molecule has 1 heterocycles. The van der Waals surface area contributed by atoms with E-state index in [1.807, 2.05) is 85.8 Å². The van der Waals surface area contributed by atoms with Crippen molar-refractivity contribution in [2.24, 2.45) is 5.92 Å². The molecule has 172 valence electrons. The fraction of sp³-hybridized carbons (Fsp3) is 0.267. The van der Waals surface area contributed by atoms with Crippen LogP contribution in [0.1, 0.15) is 51.5 Å². The molecule has 0 saturated heterocycles. The quantitative estimate of drug-likeness (QED) is 0.302. The maximum atomic E-state index is 13.7. The summed E-state index contributed by atoms with van der Waals surface area (Å²) in [7, 11) is 0. The lowest BCUT2D eigenvalue weighted by Gasteiger charge is -2.30. The van der Waals surface area contributed by atoms with Crippen molar-refractivity contribution in [2.75, 3.05) is 4.90 Å².